The molecule has 10 heteroatoms. The van der Waals surface area contributed by atoms with Gasteiger partial charge in [0.25, 0.3) is 20.0 Å². The fraction of sp³-hybridized carbons (Fsp3) is 0.185. The maximum absolute atomic E-state index is 13.8. The van der Waals surface area contributed by atoms with E-state index in [0.717, 1.165) is 5.57 Å². The molecule has 1 heterocycles. The number of hydrogen-bond donors (Lipinski definition) is 0. The molecule has 3 aromatic carbocycles. The summed E-state index contributed by atoms with van der Waals surface area (Å²) >= 11 is 2.07. The molecule has 0 radical (unpaired) electrons. The fourth-order valence-corrected chi connectivity index (χ4v) is 8.65. The zero-order valence-corrected chi connectivity index (χ0v) is 24.1. The monoisotopic (exact) mass is 650 g/mol. The van der Waals surface area contributed by atoms with E-state index in [9.17, 15) is 16.8 Å². The van der Waals surface area contributed by atoms with Crippen LogP contribution in [0.3, 0.4) is 0 Å². The molecule has 0 aliphatic carbocycles. The SMILES string of the molecule is C=CCCN(c1c(OC)cc2c(c1I)C(=C)CCN2S(=O)(=O)c1ccccc1)S(=O)(=O)c1ccccc1. The van der Waals surface area contributed by atoms with Gasteiger partial charge in [-0.3, -0.25) is 8.61 Å². The third-order valence-corrected chi connectivity index (χ3v) is 10.8. The van der Waals surface area contributed by atoms with Crippen LogP contribution in [-0.2, 0) is 20.0 Å². The van der Waals surface area contributed by atoms with Crippen molar-refractivity contribution in [3.05, 3.63) is 95.1 Å². The molecule has 0 saturated heterocycles. The van der Waals surface area contributed by atoms with Crippen molar-refractivity contribution in [1.29, 1.82) is 0 Å². The molecular formula is C27H27IN2O5S2. The van der Waals surface area contributed by atoms with Gasteiger partial charge in [-0.05, 0) is 65.3 Å². The van der Waals surface area contributed by atoms with Crippen LogP contribution in [0.25, 0.3) is 5.57 Å². The smallest absolute Gasteiger partial charge is 0.264 e. The molecule has 0 atom stereocenters. The predicted molar refractivity (Wildman–Crippen MR) is 156 cm³/mol. The molecule has 1 aliphatic heterocycles. The summed E-state index contributed by atoms with van der Waals surface area (Å²) in [5.41, 5.74) is 2.07. The number of methoxy groups -OCH3 is 1. The highest BCUT2D eigenvalue weighted by Gasteiger charge is 2.36. The van der Waals surface area contributed by atoms with E-state index in [1.165, 1.54) is 15.7 Å². The summed E-state index contributed by atoms with van der Waals surface area (Å²) in [6.45, 7) is 8.29. The van der Waals surface area contributed by atoms with Gasteiger partial charge in [-0.1, -0.05) is 49.1 Å². The summed E-state index contributed by atoms with van der Waals surface area (Å²) in [6.07, 6.45) is 2.45. The highest BCUT2D eigenvalue weighted by atomic mass is 127. The zero-order valence-electron chi connectivity index (χ0n) is 20.3. The summed E-state index contributed by atoms with van der Waals surface area (Å²) < 4.78 is 63.8. The molecule has 1 aliphatic rings. The molecule has 0 unspecified atom stereocenters. The van der Waals surface area contributed by atoms with Crippen LogP contribution in [-0.4, -0.2) is 37.0 Å². The van der Waals surface area contributed by atoms with Crippen LogP contribution < -0.4 is 13.3 Å². The van der Waals surface area contributed by atoms with Crippen molar-refractivity contribution < 1.29 is 21.6 Å². The van der Waals surface area contributed by atoms with E-state index in [0.29, 0.717) is 33.4 Å². The van der Waals surface area contributed by atoms with E-state index < -0.39 is 20.0 Å². The maximum Gasteiger partial charge on any atom is 0.264 e. The lowest BCUT2D eigenvalue weighted by Crippen LogP contribution is -2.37. The second kappa shape index (κ2) is 10.9. The number of halogens is 1. The van der Waals surface area contributed by atoms with Crippen molar-refractivity contribution in [1.82, 2.24) is 0 Å². The Bertz CT molecular complexity index is 1540. The van der Waals surface area contributed by atoms with Gasteiger partial charge in [-0.2, -0.15) is 0 Å². The molecule has 0 aromatic heterocycles. The summed E-state index contributed by atoms with van der Waals surface area (Å²) in [5.74, 6) is 0.245. The van der Waals surface area contributed by atoms with Gasteiger partial charge in [0.2, 0.25) is 0 Å². The first-order valence-corrected chi connectivity index (χ1v) is 15.5. The summed E-state index contributed by atoms with van der Waals surface area (Å²) in [7, 11) is -6.40. The third-order valence-electron chi connectivity index (χ3n) is 6.09. The van der Waals surface area contributed by atoms with Gasteiger partial charge in [0.05, 0.1) is 26.2 Å². The molecule has 37 heavy (non-hydrogen) atoms. The van der Waals surface area contributed by atoms with Crippen molar-refractivity contribution in [3.8, 4) is 5.75 Å². The first-order valence-electron chi connectivity index (χ1n) is 11.5. The molecule has 0 fully saturated rings. The maximum atomic E-state index is 13.8. The average Bonchev–Trinajstić information content (AvgIpc) is 2.90. The van der Waals surface area contributed by atoms with E-state index in [2.05, 4.69) is 35.7 Å². The van der Waals surface area contributed by atoms with Gasteiger partial charge in [-0.15, -0.1) is 6.58 Å². The van der Waals surface area contributed by atoms with Crippen molar-refractivity contribution in [2.75, 3.05) is 28.8 Å². The Morgan fingerprint density at radius 2 is 1.62 bits per heavy atom. The van der Waals surface area contributed by atoms with E-state index in [1.54, 1.807) is 72.8 Å². The Kier molecular flexibility index (Phi) is 8.00. The molecule has 0 bridgehead atoms. The molecule has 0 saturated carbocycles. The van der Waals surface area contributed by atoms with E-state index in [4.69, 9.17) is 4.74 Å². The second-order valence-corrected chi connectivity index (χ2v) is 13.2. The quantitative estimate of drug-likeness (QED) is 0.220. The number of nitrogens with zero attached hydrogens (tertiary/aromatic N) is 2. The highest BCUT2D eigenvalue weighted by molar-refractivity contribution is 14.1. The average molecular weight is 651 g/mol. The third kappa shape index (κ3) is 5.01. The van der Waals surface area contributed by atoms with Crippen molar-refractivity contribution >= 4 is 59.6 Å². The largest absolute Gasteiger partial charge is 0.494 e. The van der Waals surface area contributed by atoms with Crippen LogP contribution in [0.5, 0.6) is 5.75 Å². The van der Waals surface area contributed by atoms with Gasteiger partial charge >= 0.3 is 0 Å². The van der Waals surface area contributed by atoms with Crippen molar-refractivity contribution in [2.24, 2.45) is 0 Å². The van der Waals surface area contributed by atoms with Crippen LogP contribution in [0.2, 0.25) is 0 Å². The number of ether oxygens (including phenoxy) is 1. The minimum atomic E-state index is -3.97. The zero-order chi connectivity index (χ0) is 26.8. The van der Waals surface area contributed by atoms with Crippen LogP contribution in [0, 0.1) is 3.57 Å². The normalized spacial score (nSPS) is 13.7. The van der Waals surface area contributed by atoms with Gasteiger partial charge in [0.1, 0.15) is 11.4 Å². The molecule has 0 N–H and O–H groups in total. The summed E-state index contributed by atoms with van der Waals surface area (Å²) in [4.78, 5) is 0.313. The molecule has 7 nitrogen and oxygen atoms in total. The first-order chi connectivity index (χ1) is 17.6. The van der Waals surface area contributed by atoms with Crippen LogP contribution in [0.1, 0.15) is 18.4 Å². The van der Waals surface area contributed by atoms with Gasteiger partial charge in [0, 0.05) is 24.7 Å². The first kappa shape index (κ1) is 27.2. The van der Waals surface area contributed by atoms with Crippen LogP contribution in [0.4, 0.5) is 11.4 Å². The van der Waals surface area contributed by atoms with E-state index >= 15 is 0 Å². The molecule has 0 amide bonds. The number of sulfonamides is 2. The number of hydrogen-bond acceptors (Lipinski definition) is 5. The fourth-order valence-electron chi connectivity index (χ4n) is 4.26. The van der Waals surface area contributed by atoms with E-state index in [-0.39, 0.29) is 28.6 Å². The minimum Gasteiger partial charge on any atom is -0.494 e. The standard InChI is InChI=1S/C27H27IN2O5S2/c1-4-5-17-30(37(33,34)22-14-10-7-11-15-22)27-24(35-3)19-23-25(26(27)28)20(2)16-18-29(23)36(31,32)21-12-8-6-9-13-21/h4,6-15,19H,1-2,5,16-18H2,3H3. The minimum absolute atomic E-state index is 0.129. The Morgan fingerprint density at radius 1 is 1.03 bits per heavy atom. The van der Waals surface area contributed by atoms with Gasteiger partial charge in [-0.25, -0.2) is 16.8 Å². The number of anilines is 2. The lowest BCUT2D eigenvalue weighted by Gasteiger charge is -2.35. The Labute approximate surface area is 232 Å². The van der Waals surface area contributed by atoms with Crippen LogP contribution >= 0.6 is 22.6 Å². The number of rotatable bonds is 9. The Hall–Kier alpha value is -2.83. The lowest BCUT2D eigenvalue weighted by molar-refractivity contribution is 0.415. The Balaban J connectivity index is 1.96. The number of fused-ring (bicyclic) bond motifs is 1. The topological polar surface area (TPSA) is 84.0 Å². The second-order valence-electron chi connectivity index (χ2n) is 8.35. The Morgan fingerprint density at radius 3 is 2.19 bits per heavy atom. The molecule has 194 valence electrons. The molecular weight excluding hydrogens is 623 g/mol. The van der Waals surface area contributed by atoms with Crippen molar-refractivity contribution in [3.63, 3.8) is 0 Å². The van der Waals surface area contributed by atoms with Gasteiger partial charge in [0.15, 0.2) is 0 Å². The number of benzene rings is 3. The van der Waals surface area contributed by atoms with Gasteiger partial charge < -0.3 is 4.74 Å². The lowest BCUT2D eigenvalue weighted by atomic mass is 9.97. The molecule has 4 rings (SSSR count). The predicted octanol–water partition coefficient (Wildman–Crippen LogP) is 5.68. The highest BCUT2D eigenvalue weighted by Crippen LogP contribution is 2.48. The summed E-state index contributed by atoms with van der Waals surface area (Å²) in [6, 6.07) is 18.0. The van der Waals surface area contributed by atoms with Crippen LogP contribution in [0.15, 0.2) is 95.8 Å². The van der Waals surface area contributed by atoms with E-state index in [1.807, 2.05) is 0 Å². The summed E-state index contributed by atoms with van der Waals surface area (Å²) in [5, 5.41) is 0. The van der Waals surface area contributed by atoms with Crippen molar-refractivity contribution in [2.45, 2.75) is 22.6 Å². The molecule has 0 spiro atoms. The molecule has 3 aromatic rings.